The lowest BCUT2D eigenvalue weighted by molar-refractivity contribution is -0.139. The number of ketones is 2. The van der Waals surface area contributed by atoms with Crippen LogP contribution in [0.25, 0.3) is 0 Å². The van der Waals surface area contributed by atoms with Gasteiger partial charge in [-0.3, -0.25) is 9.59 Å². The van der Waals surface area contributed by atoms with Gasteiger partial charge in [0.2, 0.25) is 0 Å². The van der Waals surface area contributed by atoms with Crippen molar-refractivity contribution in [1.29, 1.82) is 0 Å². The number of carboxylic acids is 2. The molecule has 0 saturated heterocycles. The van der Waals surface area contributed by atoms with E-state index in [1.807, 2.05) is 0 Å². The Morgan fingerprint density at radius 2 is 1.33 bits per heavy atom. The molecule has 0 radical (unpaired) electrons. The van der Waals surface area contributed by atoms with Gasteiger partial charge in [0.05, 0.1) is 11.1 Å². The molecule has 0 fully saturated rings. The van der Waals surface area contributed by atoms with Gasteiger partial charge in [0.1, 0.15) is 6.61 Å². The van der Waals surface area contributed by atoms with Gasteiger partial charge < -0.3 is 14.9 Å². The van der Waals surface area contributed by atoms with Crippen molar-refractivity contribution in [3.05, 3.63) is 70.3 Å². The monoisotopic (exact) mass is 370 g/mol. The van der Waals surface area contributed by atoms with E-state index in [0.717, 1.165) is 13.0 Å². The highest BCUT2D eigenvalue weighted by molar-refractivity contribution is 6.42. The number of ether oxygens (including phenoxy) is 1. The van der Waals surface area contributed by atoms with Crippen LogP contribution in [-0.4, -0.2) is 39.7 Å². The van der Waals surface area contributed by atoms with Gasteiger partial charge in [-0.2, -0.15) is 0 Å². The second-order valence-corrected chi connectivity index (χ2v) is 5.50. The molecular formula is C19H14O8. The zero-order valence-electron chi connectivity index (χ0n) is 14.1. The molecule has 0 atom stereocenters. The predicted molar refractivity (Wildman–Crippen MR) is 90.9 cm³/mol. The maximum Gasteiger partial charge on any atom is 0.380 e. The van der Waals surface area contributed by atoms with E-state index in [0.29, 0.717) is 11.6 Å². The number of hydrogen-bond acceptors (Lipinski definition) is 6. The van der Waals surface area contributed by atoms with Gasteiger partial charge in [0.25, 0.3) is 5.78 Å². The summed E-state index contributed by atoms with van der Waals surface area (Å²) in [7, 11) is 0. The predicted octanol–water partition coefficient (Wildman–Crippen LogP) is 2.21. The van der Waals surface area contributed by atoms with Crippen LogP contribution in [0.15, 0.2) is 42.5 Å². The second-order valence-electron chi connectivity index (χ2n) is 5.50. The Labute approximate surface area is 153 Å². The molecule has 0 aliphatic heterocycles. The molecular weight excluding hydrogens is 356 g/mol. The van der Waals surface area contributed by atoms with Crippen LogP contribution in [0.5, 0.6) is 0 Å². The summed E-state index contributed by atoms with van der Waals surface area (Å²) in [5.74, 6) is -6.46. The summed E-state index contributed by atoms with van der Waals surface area (Å²) in [4.78, 5) is 58.7. The van der Waals surface area contributed by atoms with Crippen LogP contribution >= 0.6 is 0 Å². The quantitative estimate of drug-likeness (QED) is 0.430. The second kappa shape index (κ2) is 8.05. The standard InChI is InChI=1S/C19H14O8/c1-10(20)12-7-13(15(18(24)25)8-14(12)17(22)23)16(21)19(26)27-9-11-5-3-2-4-6-11/h2-8H,9H2,1H3,(H,22,23)(H,24,25). The normalized spacial score (nSPS) is 10.1. The first-order chi connectivity index (χ1) is 12.7. The fourth-order valence-corrected chi connectivity index (χ4v) is 2.33. The molecule has 0 heterocycles. The number of esters is 1. The van der Waals surface area contributed by atoms with Crippen LogP contribution in [0.2, 0.25) is 0 Å². The fraction of sp³-hybridized carbons (Fsp3) is 0.105. The van der Waals surface area contributed by atoms with E-state index in [2.05, 4.69) is 0 Å². The number of carboxylic acid groups (broad SMARTS) is 2. The van der Waals surface area contributed by atoms with E-state index in [1.165, 1.54) is 0 Å². The Morgan fingerprint density at radius 3 is 1.85 bits per heavy atom. The van der Waals surface area contributed by atoms with Crippen LogP contribution in [0.1, 0.15) is 53.9 Å². The average molecular weight is 370 g/mol. The Hall–Kier alpha value is -3.81. The Morgan fingerprint density at radius 1 is 0.815 bits per heavy atom. The highest BCUT2D eigenvalue weighted by Gasteiger charge is 2.28. The van der Waals surface area contributed by atoms with Crippen LogP contribution in [0.4, 0.5) is 0 Å². The zero-order valence-corrected chi connectivity index (χ0v) is 14.1. The molecule has 0 spiro atoms. The highest BCUT2D eigenvalue weighted by Crippen LogP contribution is 2.20. The number of carbonyl (C=O) groups excluding carboxylic acids is 3. The lowest BCUT2D eigenvalue weighted by atomic mass is 9.94. The zero-order chi connectivity index (χ0) is 20.1. The van der Waals surface area contributed by atoms with E-state index in [4.69, 9.17) is 9.84 Å². The van der Waals surface area contributed by atoms with E-state index in [1.54, 1.807) is 30.3 Å². The number of benzene rings is 2. The smallest absolute Gasteiger partial charge is 0.380 e. The minimum atomic E-state index is -1.62. The molecule has 0 aliphatic carbocycles. The van der Waals surface area contributed by atoms with E-state index < -0.39 is 46.2 Å². The third kappa shape index (κ3) is 4.43. The van der Waals surface area contributed by atoms with E-state index >= 15 is 0 Å². The summed E-state index contributed by atoms with van der Waals surface area (Å²) in [5, 5.41) is 18.4. The van der Waals surface area contributed by atoms with Crippen LogP contribution in [-0.2, 0) is 16.1 Å². The molecule has 8 nitrogen and oxygen atoms in total. The van der Waals surface area contributed by atoms with Crippen molar-refractivity contribution < 1.29 is 38.9 Å². The molecule has 138 valence electrons. The molecule has 2 rings (SSSR count). The van der Waals surface area contributed by atoms with Crippen molar-refractivity contribution >= 4 is 29.5 Å². The van der Waals surface area contributed by atoms with Crippen molar-refractivity contribution in [2.45, 2.75) is 13.5 Å². The molecule has 8 heteroatoms. The minimum Gasteiger partial charge on any atom is -0.478 e. The number of hydrogen-bond donors (Lipinski definition) is 2. The molecule has 0 unspecified atom stereocenters. The Kier molecular flexibility index (Phi) is 5.82. The first-order valence-electron chi connectivity index (χ1n) is 7.63. The number of aromatic carboxylic acids is 2. The van der Waals surface area contributed by atoms with Crippen LogP contribution in [0, 0.1) is 0 Å². The van der Waals surface area contributed by atoms with Crippen LogP contribution in [0.3, 0.4) is 0 Å². The molecule has 0 saturated carbocycles. The maximum absolute atomic E-state index is 12.4. The summed E-state index contributed by atoms with van der Waals surface area (Å²) in [6, 6.07) is 9.96. The van der Waals surface area contributed by atoms with Gasteiger partial charge in [-0.25, -0.2) is 14.4 Å². The lowest BCUT2D eigenvalue weighted by Gasteiger charge is -2.10. The SMILES string of the molecule is CC(=O)c1cc(C(=O)C(=O)OCc2ccccc2)c(C(=O)O)cc1C(=O)O. The van der Waals surface area contributed by atoms with Crippen molar-refractivity contribution in [2.24, 2.45) is 0 Å². The van der Waals surface area contributed by atoms with Gasteiger partial charge in [-0.15, -0.1) is 0 Å². The Balaban J connectivity index is 2.39. The van der Waals surface area contributed by atoms with Crippen molar-refractivity contribution in [2.75, 3.05) is 0 Å². The summed E-state index contributed by atoms with van der Waals surface area (Å²) >= 11 is 0. The van der Waals surface area contributed by atoms with Crippen molar-refractivity contribution in [1.82, 2.24) is 0 Å². The maximum atomic E-state index is 12.4. The lowest BCUT2D eigenvalue weighted by Crippen LogP contribution is -2.22. The molecule has 2 aromatic carbocycles. The van der Waals surface area contributed by atoms with Crippen LogP contribution < -0.4 is 0 Å². The van der Waals surface area contributed by atoms with Crippen molar-refractivity contribution in [3.63, 3.8) is 0 Å². The van der Waals surface area contributed by atoms with E-state index in [9.17, 15) is 29.1 Å². The van der Waals surface area contributed by atoms with Gasteiger partial charge in [0, 0.05) is 11.1 Å². The molecule has 0 aromatic heterocycles. The third-order valence-electron chi connectivity index (χ3n) is 3.64. The van der Waals surface area contributed by atoms with Crippen molar-refractivity contribution in [3.8, 4) is 0 Å². The molecule has 0 amide bonds. The molecule has 2 N–H and O–H groups in total. The number of rotatable bonds is 7. The average Bonchev–Trinajstić information content (AvgIpc) is 2.64. The molecule has 0 bridgehead atoms. The first kappa shape index (κ1) is 19.5. The van der Waals surface area contributed by atoms with E-state index in [-0.39, 0.29) is 12.2 Å². The summed E-state index contributed by atoms with van der Waals surface area (Å²) < 4.78 is 4.87. The highest BCUT2D eigenvalue weighted by atomic mass is 16.5. The summed E-state index contributed by atoms with van der Waals surface area (Å²) in [5.41, 5.74) is -1.67. The number of Topliss-reactive ketones (excluding diaryl/α,β-unsaturated/α-hetero) is 2. The molecule has 2 aromatic rings. The number of carbonyl (C=O) groups is 5. The molecule has 27 heavy (non-hydrogen) atoms. The Bertz CT molecular complexity index is 944. The summed E-state index contributed by atoms with van der Waals surface area (Å²) in [6.07, 6.45) is 0. The molecule has 0 aliphatic rings. The van der Waals surface area contributed by atoms with Gasteiger partial charge >= 0.3 is 17.9 Å². The third-order valence-corrected chi connectivity index (χ3v) is 3.64. The van der Waals surface area contributed by atoms with Gasteiger partial charge in [-0.05, 0) is 24.6 Å². The minimum absolute atomic E-state index is 0.208. The van der Waals surface area contributed by atoms with Gasteiger partial charge in [0.15, 0.2) is 5.78 Å². The largest absolute Gasteiger partial charge is 0.478 e. The van der Waals surface area contributed by atoms with Gasteiger partial charge in [-0.1, -0.05) is 30.3 Å². The topological polar surface area (TPSA) is 135 Å². The summed E-state index contributed by atoms with van der Waals surface area (Å²) in [6.45, 7) is 0.852. The first-order valence-corrected chi connectivity index (χ1v) is 7.63. The fourth-order valence-electron chi connectivity index (χ4n) is 2.33.